The van der Waals surface area contributed by atoms with Crippen LogP contribution in [0.15, 0.2) is 53.0 Å². The number of carbonyl (C=O) groups excluding carboxylic acids is 2. The molecular weight excluding hydrogens is 386 g/mol. The van der Waals surface area contributed by atoms with Crippen LogP contribution in [-0.2, 0) is 9.53 Å². The molecule has 0 fully saturated rings. The molecule has 0 spiro atoms. The molecule has 0 saturated carbocycles. The Morgan fingerprint density at radius 2 is 1.88 bits per heavy atom. The highest BCUT2D eigenvalue weighted by atomic mass is 79.9. The number of ether oxygens (including phenoxy) is 2. The van der Waals surface area contributed by atoms with Crippen LogP contribution in [0.5, 0.6) is 5.75 Å². The second kappa shape index (κ2) is 9.22. The van der Waals surface area contributed by atoms with Crippen molar-refractivity contribution in [1.82, 2.24) is 5.32 Å². The molecule has 0 aliphatic heterocycles. The molecule has 0 aliphatic carbocycles. The van der Waals surface area contributed by atoms with E-state index in [0.717, 1.165) is 10.0 Å². The zero-order valence-corrected chi connectivity index (χ0v) is 15.7. The van der Waals surface area contributed by atoms with Crippen molar-refractivity contribution in [3.05, 3.63) is 64.1 Å². The first kappa shape index (κ1) is 19.0. The van der Waals surface area contributed by atoms with Crippen LogP contribution in [0.2, 0.25) is 0 Å². The maximum absolute atomic E-state index is 12.1. The topological polar surface area (TPSA) is 64.6 Å². The summed E-state index contributed by atoms with van der Waals surface area (Å²) in [5.41, 5.74) is 1.39. The summed E-state index contributed by atoms with van der Waals surface area (Å²) in [4.78, 5) is 23.8. The molecule has 1 atom stereocenters. The van der Waals surface area contributed by atoms with Crippen LogP contribution in [0.4, 0.5) is 0 Å². The molecule has 2 aromatic rings. The Balaban J connectivity index is 1.88. The fourth-order valence-electron chi connectivity index (χ4n) is 2.19. The van der Waals surface area contributed by atoms with Crippen LogP contribution in [-0.4, -0.2) is 25.1 Å². The summed E-state index contributed by atoms with van der Waals surface area (Å²) in [6.07, 6.45) is 0. The minimum atomic E-state index is -0.415. The molecule has 0 saturated heterocycles. The molecule has 0 unspecified atom stereocenters. The third kappa shape index (κ3) is 5.90. The van der Waals surface area contributed by atoms with Gasteiger partial charge >= 0.3 is 5.97 Å². The van der Waals surface area contributed by atoms with Crippen LogP contribution in [0.3, 0.4) is 0 Å². The molecule has 2 rings (SSSR count). The smallest absolute Gasteiger partial charge is 0.338 e. The highest BCUT2D eigenvalue weighted by Gasteiger charge is 2.11. The highest BCUT2D eigenvalue weighted by Crippen LogP contribution is 2.17. The second-order valence-corrected chi connectivity index (χ2v) is 6.29. The van der Waals surface area contributed by atoms with Crippen molar-refractivity contribution < 1.29 is 19.1 Å². The van der Waals surface area contributed by atoms with Gasteiger partial charge in [-0.2, -0.15) is 0 Å². The van der Waals surface area contributed by atoms with Crippen LogP contribution in [0.25, 0.3) is 0 Å². The van der Waals surface area contributed by atoms with Crippen molar-refractivity contribution >= 4 is 27.8 Å². The largest absolute Gasteiger partial charge is 0.484 e. The average Bonchev–Trinajstić information content (AvgIpc) is 2.61. The third-order valence-electron chi connectivity index (χ3n) is 3.46. The summed E-state index contributed by atoms with van der Waals surface area (Å²) in [7, 11) is 0. The van der Waals surface area contributed by atoms with Gasteiger partial charge in [-0.3, -0.25) is 4.79 Å². The summed E-state index contributed by atoms with van der Waals surface area (Å²) in [6.45, 7) is 3.82. The zero-order chi connectivity index (χ0) is 18.2. The standard InChI is InChI=1S/C19H20BrNO4/c1-3-24-19(23)15-5-4-6-17(11-15)25-12-18(22)21-13(2)14-7-9-16(20)10-8-14/h4-11,13H,3,12H2,1-2H3,(H,21,22)/t13-/m0/s1. The Hall–Kier alpha value is -2.34. The van der Waals surface area contributed by atoms with E-state index in [1.807, 2.05) is 31.2 Å². The van der Waals surface area contributed by atoms with Crippen LogP contribution in [0.1, 0.15) is 35.8 Å². The predicted molar refractivity (Wildman–Crippen MR) is 98.6 cm³/mol. The maximum Gasteiger partial charge on any atom is 0.338 e. The molecule has 0 radical (unpaired) electrons. The number of halogens is 1. The third-order valence-corrected chi connectivity index (χ3v) is 3.99. The molecule has 1 N–H and O–H groups in total. The van der Waals surface area contributed by atoms with Crippen LogP contribution >= 0.6 is 15.9 Å². The molecule has 0 heterocycles. The number of amides is 1. The Labute approximate surface area is 155 Å². The van der Waals surface area contributed by atoms with Crippen molar-refractivity contribution in [3.63, 3.8) is 0 Å². The molecule has 25 heavy (non-hydrogen) atoms. The fraction of sp³-hybridized carbons (Fsp3) is 0.263. The first-order valence-corrected chi connectivity index (χ1v) is 8.73. The van der Waals surface area contributed by atoms with Crippen molar-refractivity contribution in [2.75, 3.05) is 13.2 Å². The lowest BCUT2D eigenvalue weighted by atomic mass is 10.1. The number of carbonyl (C=O) groups is 2. The van der Waals surface area contributed by atoms with Crippen molar-refractivity contribution in [3.8, 4) is 5.75 Å². The number of hydrogen-bond acceptors (Lipinski definition) is 4. The van der Waals surface area contributed by atoms with Crippen LogP contribution < -0.4 is 10.1 Å². The number of benzene rings is 2. The Morgan fingerprint density at radius 3 is 2.56 bits per heavy atom. The molecule has 0 aliphatic rings. The Kier molecular flexibility index (Phi) is 7.01. The summed E-state index contributed by atoms with van der Waals surface area (Å²) in [6, 6.07) is 14.2. The molecule has 6 heteroatoms. The van der Waals surface area contributed by atoms with Gasteiger partial charge in [-0.1, -0.05) is 34.1 Å². The second-order valence-electron chi connectivity index (χ2n) is 5.38. The predicted octanol–water partition coefficient (Wildman–Crippen LogP) is 3.88. The van der Waals surface area contributed by atoms with Gasteiger partial charge in [-0.15, -0.1) is 0 Å². The lowest BCUT2D eigenvalue weighted by Gasteiger charge is -2.15. The van der Waals surface area contributed by atoms with Crippen LogP contribution in [0, 0.1) is 0 Å². The fourth-order valence-corrected chi connectivity index (χ4v) is 2.46. The monoisotopic (exact) mass is 405 g/mol. The lowest BCUT2D eigenvalue weighted by molar-refractivity contribution is -0.123. The van der Waals surface area contributed by atoms with Gasteiger partial charge in [0.25, 0.3) is 5.91 Å². The molecule has 0 bridgehead atoms. The van der Waals surface area contributed by atoms with Gasteiger partial charge < -0.3 is 14.8 Å². The number of rotatable bonds is 7. The van der Waals surface area contributed by atoms with Gasteiger partial charge in [0.05, 0.1) is 18.2 Å². The molecule has 0 aromatic heterocycles. The summed E-state index contributed by atoms with van der Waals surface area (Å²) in [5, 5.41) is 2.87. The maximum atomic E-state index is 12.1. The lowest BCUT2D eigenvalue weighted by Crippen LogP contribution is -2.31. The van der Waals surface area contributed by atoms with E-state index in [2.05, 4.69) is 21.2 Å². The van der Waals surface area contributed by atoms with Crippen molar-refractivity contribution in [2.24, 2.45) is 0 Å². The van der Waals surface area contributed by atoms with E-state index in [1.165, 1.54) is 0 Å². The number of nitrogens with one attached hydrogen (secondary N) is 1. The molecule has 2 aromatic carbocycles. The van der Waals surface area contributed by atoms with Crippen molar-refractivity contribution in [2.45, 2.75) is 19.9 Å². The van der Waals surface area contributed by atoms with Gasteiger partial charge in [0.2, 0.25) is 0 Å². The van der Waals surface area contributed by atoms with Crippen molar-refractivity contribution in [1.29, 1.82) is 0 Å². The summed E-state index contributed by atoms with van der Waals surface area (Å²) in [5.74, 6) is -0.213. The molecule has 132 valence electrons. The van der Waals surface area contributed by atoms with E-state index in [1.54, 1.807) is 31.2 Å². The number of esters is 1. The van der Waals surface area contributed by atoms with E-state index >= 15 is 0 Å². The zero-order valence-electron chi connectivity index (χ0n) is 14.1. The van der Waals surface area contributed by atoms with E-state index in [0.29, 0.717) is 17.9 Å². The Morgan fingerprint density at radius 1 is 1.16 bits per heavy atom. The minimum absolute atomic E-state index is 0.130. The SMILES string of the molecule is CCOC(=O)c1cccc(OCC(=O)N[C@@H](C)c2ccc(Br)cc2)c1. The molecule has 5 nitrogen and oxygen atoms in total. The first-order valence-electron chi connectivity index (χ1n) is 7.94. The molecular formula is C19H20BrNO4. The quantitative estimate of drug-likeness (QED) is 0.709. The van der Waals surface area contributed by atoms with Gasteiger partial charge in [0.15, 0.2) is 6.61 Å². The van der Waals surface area contributed by atoms with E-state index in [9.17, 15) is 9.59 Å². The minimum Gasteiger partial charge on any atom is -0.484 e. The normalized spacial score (nSPS) is 11.5. The van der Waals surface area contributed by atoms with E-state index < -0.39 is 5.97 Å². The van der Waals surface area contributed by atoms with Gasteiger partial charge in [0.1, 0.15) is 5.75 Å². The summed E-state index contributed by atoms with van der Waals surface area (Å²) >= 11 is 3.38. The first-order chi connectivity index (χ1) is 12.0. The van der Waals surface area contributed by atoms with Gasteiger partial charge in [-0.25, -0.2) is 4.79 Å². The highest BCUT2D eigenvalue weighted by molar-refractivity contribution is 9.10. The molecule has 1 amide bonds. The Bertz CT molecular complexity index is 730. The average molecular weight is 406 g/mol. The van der Waals surface area contributed by atoms with E-state index in [4.69, 9.17) is 9.47 Å². The summed E-state index contributed by atoms with van der Waals surface area (Å²) < 4.78 is 11.4. The van der Waals surface area contributed by atoms with E-state index in [-0.39, 0.29) is 18.6 Å². The van der Waals surface area contributed by atoms with Gasteiger partial charge in [-0.05, 0) is 49.7 Å². The number of hydrogen-bond donors (Lipinski definition) is 1. The van der Waals surface area contributed by atoms with Gasteiger partial charge in [0, 0.05) is 4.47 Å².